The quantitative estimate of drug-likeness (QED) is 0.641. The summed E-state index contributed by atoms with van der Waals surface area (Å²) < 4.78 is 0. The lowest BCUT2D eigenvalue weighted by Gasteiger charge is -2.28. The molecule has 1 fully saturated rings. The molecule has 2 aliphatic heterocycles. The van der Waals surface area contributed by atoms with Gasteiger partial charge in [0.1, 0.15) is 5.70 Å². The molecule has 0 aliphatic carbocycles. The molecule has 0 unspecified atom stereocenters. The maximum atomic E-state index is 11.6. The molecule has 0 radical (unpaired) electrons. The Morgan fingerprint density at radius 2 is 1.92 bits per heavy atom. The molecule has 4 rings (SSSR count). The summed E-state index contributed by atoms with van der Waals surface area (Å²) >= 11 is 0. The van der Waals surface area contributed by atoms with Gasteiger partial charge in [-0.3, -0.25) is 10.1 Å². The third-order valence-corrected chi connectivity index (χ3v) is 4.09. The van der Waals surface area contributed by atoms with Crippen molar-refractivity contribution in [2.24, 2.45) is 0 Å². The van der Waals surface area contributed by atoms with Crippen LogP contribution in [0.2, 0.25) is 0 Å². The number of hydrogen-bond acceptors (Lipinski definition) is 5. The Kier molecular flexibility index (Phi) is 3.45. The van der Waals surface area contributed by atoms with Gasteiger partial charge in [0, 0.05) is 19.3 Å². The Morgan fingerprint density at radius 3 is 2.71 bits per heavy atom. The van der Waals surface area contributed by atoms with Crippen LogP contribution in [0, 0.1) is 0 Å². The highest BCUT2D eigenvalue weighted by molar-refractivity contribution is 6.13. The maximum absolute atomic E-state index is 11.6. The Hall–Kier alpha value is -3.22. The summed E-state index contributed by atoms with van der Waals surface area (Å²) in [6.45, 7) is 1.60. The molecule has 3 amide bonds. The monoisotopic (exact) mass is 321 g/mol. The molecule has 2 aromatic rings. The number of carbonyl (C=O) groups is 2. The van der Waals surface area contributed by atoms with Crippen molar-refractivity contribution in [3.05, 3.63) is 59.0 Å². The smallest absolute Gasteiger partial charge is 0.326 e. The molecule has 120 valence electrons. The molecule has 24 heavy (non-hydrogen) atoms. The van der Waals surface area contributed by atoms with Crippen LogP contribution in [0.25, 0.3) is 6.08 Å². The molecule has 1 aromatic heterocycles. The van der Waals surface area contributed by atoms with E-state index in [1.54, 1.807) is 18.3 Å². The summed E-state index contributed by atoms with van der Waals surface area (Å²) in [5.74, 6) is 0.163. The molecule has 7 heteroatoms. The third kappa shape index (κ3) is 2.71. The number of hydrogen-bond donors (Lipinski definition) is 2. The molecule has 0 saturated carbocycles. The Labute approximate surface area is 138 Å². The zero-order valence-corrected chi connectivity index (χ0v) is 12.8. The number of urea groups is 1. The number of nitrogens with zero attached hydrogens (tertiary/aromatic N) is 3. The number of aromatic nitrogens is 2. The molecule has 0 spiro atoms. The summed E-state index contributed by atoms with van der Waals surface area (Å²) in [7, 11) is 0. The number of anilines is 1. The van der Waals surface area contributed by atoms with E-state index in [4.69, 9.17) is 0 Å². The zero-order valence-electron chi connectivity index (χ0n) is 12.8. The predicted molar refractivity (Wildman–Crippen MR) is 87.9 cm³/mol. The molecule has 3 heterocycles. The second kappa shape index (κ2) is 5.77. The van der Waals surface area contributed by atoms with E-state index in [2.05, 4.69) is 43.7 Å². The largest absolute Gasteiger partial charge is 0.336 e. The molecule has 0 atom stereocenters. The molecular formula is C17H15N5O2. The van der Waals surface area contributed by atoms with Crippen molar-refractivity contribution in [1.29, 1.82) is 0 Å². The maximum Gasteiger partial charge on any atom is 0.326 e. The fraction of sp³-hybridized carbons (Fsp3) is 0.176. The number of rotatable bonds is 2. The van der Waals surface area contributed by atoms with E-state index in [0.717, 1.165) is 19.5 Å². The van der Waals surface area contributed by atoms with Crippen molar-refractivity contribution >= 4 is 24.0 Å². The van der Waals surface area contributed by atoms with Crippen LogP contribution in [0.4, 0.5) is 10.7 Å². The highest BCUT2D eigenvalue weighted by Crippen LogP contribution is 2.22. The molecule has 0 bridgehead atoms. The van der Waals surface area contributed by atoms with Gasteiger partial charge in [0.2, 0.25) is 5.95 Å². The Balaban J connectivity index is 1.59. The lowest BCUT2D eigenvalue weighted by Crippen LogP contribution is -2.31. The van der Waals surface area contributed by atoms with E-state index in [-0.39, 0.29) is 5.70 Å². The number of nitrogens with one attached hydrogen (secondary N) is 2. The Bertz CT molecular complexity index is 862. The first-order valence-corrected chi connectivity index (χ1v) is 7.68. The molecule has 2 aliphatic rings. The highest BCUT2D eigenvalue weighted by atomic mass is 16.2. The number of benzene rings is 1. The topological polar surface area (TPSA) is 87.2 Å². The molecule has 1 saturated heterocycles. The fourth-order valence-corrected chi connectivity index (χ4v) is 2.89. The minimum absolute atomic E-state index is 0.189. The third-order valence-electron chi connectivity index (χ3n) is 4.09. The normalized spacial score (nSPS) is 18.3. The van der Waals surface area contributed by atoms with Crippen molar-refractivity contribution < 1.29 is 9.59 Å². The van der Waals surface area contributed by atoms with Crippen LogP contribution in [0.1, 0.15) is 16.8 Å². The summed E-state index contributed by atoms with van der Waals surface area (Å²) in [6, 6.07) is 9.53. The first-order chi connectivity index (χ1) is 11.7. The average Bonchev–Trinajstić information content (AvgIpc) is 2.92. The molecular weight excluding hydrogens is 306 g/mol. The van der Waals surface area contributed by atoms with Gasteiger partial charge in [-0.05, 0) is 29.7 Å². The number of imide groups is 1. The van der Waals surface area contributed by atoms with Gasteiger partial charge in [-0.2, -0.15) is 0 Å². The van der Waals surface area contributed by atoms with Gasteiger partial charge in [-0.25, -0.2) is 14.8 Å². The van der Waals surface area contributed by atoms with Gasteiger partial charge in [0.15, 0.2) is 0 Å². The lowest BCUT2D eigenvalue weighted by molar-refractivity contribution is -0.115. The van der Waals surface area contributed by atoms with Crippen LogP contribution in [0.5, 0.6) is 0 Å². The second-order valence-electron chi connectivity index (χ2n) is 5.69. The van der Waals surface area contributed by atoms with Crippen LogP contribution in [-0.2, 0) is 17.8 Å². The van der Waals surface area contributed by atoms with Crippen LogP contribution < -0.4 is 15.5 Å². The van der Waals surface area contributed by atoms with Crippen molar-refractivity contribution in [3.63, 3.8) is 0 Å². The van der Waals surface area contributed by atoms with Crippen LogP contribution in [-0.4, -0.2) is 28.5 Å². The predicted octanol–water partition coefficient (Wildman–Crippen LogP) is 1.22. The standard InChI is InChI=1S/C17H15N5O2/c23-15-14(20-17(24)21-15)9-13-5-7-18-16(19-13)22-8-6-11-3-1-2-4-12(11)10-22/h1-5,7,9H,6,8,10H2,(H2,20,21,23,24)/b14-9-. The zero-order chi connectivity index (χ0) is 16.5. The first kappa shape index (κ1) is 14.4. The minimum atomic E-state index is -0.520. The number of amides is 3. The van der Waals surface area contributed by atoms with Crippen LogP contribution in [0.15, 0.2) is 42.2 Å². The van der Waals surface area contributed by atoms with Crippen molar-refractivity contribution in [3.8, 4) is 0 Å². The van der Waals surface area contributed by atoms with Crippen molar-refractivity contribution in [1.82, 2.24) is 20.6 Å². The van der Waals surface area contributed by atoms with Crippen LogP contribution >= 0.6 is 0 Å². The van der Waals surface area contributed by atoms with E-state index < -0.39 is 11.9 Å². The van der Waals surface area contributed by atoms with Gasteiger partial charge in [0.25, 0.3) is 5.91 Å². The van der Waals surface area contributed by atoms with Gasteiger partial charge in [-0.15, -0.1) is 0 Å². The summed E-state index contributed by atoms with van der Waals surface area (Å²) in [6.07, 6.45) is 4.15. The number of fused-ring (bicyclic) bond motifs is 1. The van der Waals surface area contributed by atoms with Gasteiger partial charge >= 0.3 is 6.03 Å². The van der Waals surface area contributed by atoms with Crippen LogP contribution in [0.3, 0.4) is 0 Å². The van der Waals surface area contributed by atoms with Gasteiger partial charge in [0.05, 0.1) is 5.69 Å². The van der Waals surface area contributed by atoms with E-state index in [0.29, 0.717) is 11.6 Å². The SMILES string of the molecule is O=C1NC(=O)/C(=C/c2ccnc(N3CCc4ccccc4C3)n2)N1. The van der Waals surface area contributed by atoms with Gasteiger partial charge < -0.3 is 10.2 Å². The van der Waals surface area contributed by atoms with E-state index in [1.165, 1.54) is 11.1 Å². The van der Waals surface area contributed by atoms with Crippen molar-refractivity contribution in [2.75, 3.05) is 11.4 Å². The number of carbonyl (C=O) groups excluding carboxylic acids is 2. The molecule has 1 aromatic carbocycles. The average molecular weight is 321 g/mol. The molecule has 2 N–H and O–H groups in total. The first-order valence-electron chi connectivity index (χ1n) is 7.68. The second-order valence-corrected chi connectivity index (χ2v) is 5.69. The van der Waals surface area contributed by atoms with Gasteiger partial charge in [-0.1, -0.05) is 24.3 Å². The fourth-order valence-electron chi connectivity index (χ4n) is 2.89. The summed E-state index contributed by atoms with van der Waals surface area (Å²) in [5, 5.41) is 4.62. The van der Waals surface area contributed by atoms with E-state index in [1.807, 2.05) is 6.07 Å². The Morgan fingerprint density at radius 1 is 1.08 bits per heavy atom. The highest BCUT2D eigenvalue weighted by Gasteiger charge is 2.23. The van der Waals surface area contributed by atoms with Crippen molar-refractivity contribution in [2.45, 2.75) is 13.0 Å². The lowest BCUT2D eigenvalue weighted by atomic mass is 10.0. The van der Waals surface area contributed by atoms with E-state index in [9.17, 15) is 9.59 Å². The molecule has 7 nitrogen and oxygen atoms in total. The summed E-state index contributed by atoms with van der Waals surface area (Å²) in [4.78, 5) is 33.7. The summed E-state index contributed by atoms with van der Waals surface area (Å²) in [5.41, 5.74) is 3.40. The minimum Gasteiger partial charge on any atom is -0.336 e. The van der Waals surface area contributed by atoms with E-state index >= 15 is 0 Å².